The summed E-state index contributed by atoms with van der Waals surface area (Å²) in [6, 6.07) is 6.37. The fourth-order valence-electron chi connectivity index (χ4n) is 2.35. The molecule has 2 fully saturated rings. The Morgan fingerprint density at radius 1 is 0.957 bits per heavy atom. The molecule has 9 heteroatoms. The number of Topliss-reactive ketones (excluding diaryl/α,β-unsaturated/α-hetero) is 1. The quantitative estimate of drug-likeness (QED) is 0.202. The van der Waals surface area contributed by atoms with Crippen LogP contribution in [0.4, 0.5) is 4.79 Å². The number of rotatable bonds is 1. The van der Waals surface area contributed by atoms with E-state index in [0.29, 0.717) is 0 Å². The molecule has 0 aliphatic carbocycles. The Morgan fingerprint density at radius 2 is 1.52 bits per heavy atom. The van der Waals surface area contributed by atoms with Gasteiger partial charge in [-0.15, -0.1) is 0 Å². The highest BCUT2D eigenvalue weighted by atomic mass is 16.6. The smallest absolute Gasteiger partial charge is 0.381 e. The van der Waals surface area contributed by atoms with Gasteiger partial charge < -0.3 is 9.84 Å². The summed E-state index contributed by atoms with van der Waals surface area (Å²) in [5, 5.41) is 13.8. The van der Waals surface area contributed by atoms with Gasteiger partial charge in [0.25, 0.3) is 17.6 Å². The zero-order valence-electron chi connectivity index (χ0n) is 11.3. The van der Waals surface area contributed by atoms with Crippen molar-refractivity contribution in [2.24, 2.45) is 0 Å². The summed E-state index contributed by atoms with van der Waals surface area (Å²) in [7, 11) is 0. The third-order valence-corrected chi connectivity index (χ3v) is 3.39. The molecule has 9 nitrogen and oxygen atoms in total. The molecule has 2 aliphatic rings. The van der Waals surface area contributed by atoms with E-state index in [4.69, 9.17) is 0 Å². The number of aliphatic hydroxyl groups is 1. The zero-order valence-corrected chi connectivity index (χ0v) is 11.3. The number of carbonyl (C=O) groups is 5. The molecule has 4 amide bonds. The number of esters is 1. The molecular weight excluding hydrogens is 308 g/mol. The number of ketones is 1. The van der Waals surface area contributed by atoms with Gasteiger partial charge in [0.1, 0.15) is 11.3 Å². The van der Waals surface area contributed by atoms with Crippen LogP contribution in [0.2, 0.25) is 0 Å². The first kappa shape index (κ1) is 14.4. The second-order valence-corrected chi connectivity index (χ2v) is 4.73. The van der Waals surface area contributed by atoms with Crippen molar-refractivity contribution in [2.75, 3.05) is 0 Å². The monoisotopic (exact) mass is 316 g/mol. The van der Waals surface area contributed by atoms with Crippen molar-refractivity contribution >= 4 is 35.4 Å². The van der Waals surface area contributed by atoms with Crippen LogP contribution in [0.15, 0.2) is 35.9 Å². The Hall–Kier alpha value is -3.49. The SMILES string of the molecule is O=C1NC(=O)C2(OC(=O)C(=O)C2=C(O)c2ccccc2)C(=O)N1. The molecule has 2 heterocycles. The van der Waals surface area contributed by atoms with Gasteiger partial charge in [-0.3, -0.25) is 25.0 Å². The van der Waals surface area contributed by atoms with Gasteiger partial charge in [0.05, 0.1) is 0 Å². The first-order valence-electron chi connectivity index (χ1n) is 6.31. The van der Waals surface area contributed by atoms with E-state index in [1.807, 2.05) is 0 Å². The highest BCUT2D eigenvalue weighted by molar-refractivity contribution is 6.50. The number of nitrogens with one attached hydrogen (secondary N) is 2. The van der Waals surface area contributed by atoms with Crippen molar-refractivity contribution in [3.63, 3.8) is 0 Å². The zero-order chi connectivity index (χ0) is 16.8. The van der Waals surface area contributed by atoms with E-state index in [1.54, 1.807) is 16.7 Å². The molecular formula is C14H8N2O7. The average Bonchev–Trinajstić information content (AvgIpc) is 2.78. The molecule has 0 bridgehead atoms. The van der Waals surface area contributed by atoms with E-state index < -0.39 is 46.5 Å². The second-order valence-electron chi connectivity index (χ2n) is 4.73. The Bertz CT molecular complexity index is 790. The minimum absolute atomic E-state index is 0.0889. The van der Waals surface area contributed by atoms with Gasteiger partial charge in [-0.1, -0.05) is 30.3 Å². The summed E-state index contributed by atoms with van der Waals surface area (Å²) in [5.41, 5.74) is -3.48. The summed E-state index contributed by atoms with van der Waals surface area (Å²) in [4.78, 5) is 59.0. The van der Waals surface area contributed by atoms with Crippen LogP contribution in [0.3, 0.4) is 0 Å². The Kier molecular flexibility index (Phi) is 2.99. The van der Waals surface area contributed by atoms with Crippen LogP contribution in [0.1, 0.15) is 5.56 Å². The molecule has 2 saturated heterocycles. The highest BCUT2D eigenvalue weighted by Gasteiger charge is 2.66. The molecule has 0 radical (unpaired) electrons. The summed E-state index contributed by atoms with van der Waals surface area (Å²) in [6.07, 6.45) is 0. The second kappa shape index (κ2) is 4.77. The highest BCUT2D eigenvalue weighted by Crippen LogP contribution is 2.36. The van der Waals surface area contributed by atoms with E-state index in [-0.39, 0.29) is 5.56 Å². The van der Waals surface area contributed by atoms with E-state index in [2.05, 4.69) is 4.74 Å². The Labute approximate surface area is 127 Å². The number of hydrogen-bond donors (Lipinski definition) is 3. The topological polar surface area (TPSA) is 139 Å². The van der Waals surface area contributed by atoms with Gasteiger partial charge in [-0.25, -0.2) is 9.59 Å². The first-order valence-corrected chi connectivity index (χ1v) is 6.31. The molecule has 1 aromatic carbocycles. The van der Waals surface area contributed by atoms with Crippen LogP contribution in [-0.4, -0.2) is 40.3 Å². The minimum Gasteiger partial charge on any atom is -0.507 e. The molecule has 1 spiro atoms. The lowest BCUT2D eigenvalue weighted by Crippen LogP contribution is -2.67. The summed E-state index contributed by atoms with van der Waals surface area (Å²) >= 11 is 0. The lowest BCUT2D eigenvalue weighted by atomic mass is 9.87. The maximum absolute atomic E-state index is 12.1. The number of imide groups is 2. The van der Waals surface area contributed by atoms with Gasteiger partial charge >= 0.3 is 17.6 Å². The van der Waals surface area contributed by atoms with E-state index >= 15 is 0 Å². The van der Waals surface area contributed by atoms with Crippen LogP contribution in [0, 0.1) is 0 Å². The van der Waals surface area contributed by atoms with Crippen molar-refractivity contribution in [1.82, 2.24) is 10.6 Å². The lowest BCUT2D eigenvalue weighted by molar-refractivity contribution is -0.165. The predicted molar refractivity (Wildman–Crippen MR) is 71.5 cm³/mol. The van der Waals surface area contributed by atoms with Crippen molar-refractivity contribution in [3.05, 3.63) is 41.5 Å². The van der Waals surface area contributed by atoms with Gasteiger partial charge in [0, 0.05) is 5.56 Å². The molecule has 2 aliphatic heterocycles. The molecule has 0 atom stereocenters. The number of barbiturate groups is 1. The molecule has 0 unspecified atom stereocenters. The van der Waals surface area contributed by atoms with Gasteiger partial charge in [-0.2, -0.15) is 0 Å². The Morgan fingerprint density at radius 3 is 2.09 bits per heavy atom. The molecule has 1 aromatic rings. The van der Waals surface area contributed by atoms with E-state index in [1.165, 1.54) is 24.3 Å². The molecule has 116 valence electrons. The van der Waals surface area contributed by atoms with Crippen LogP contribution in [-0.2, 0) is 23.9 Å². The third kappa shape index (κ3) is 1.90. The number of amides is 4. The number of carbonyl (C=O) groups excluding carboxylic acids is 5. The molecule has 3 rings (SSSR count). The maximum Gasteiger partial charge on any atom is 0.381 e. The lowest BCUT2D eigenvalue weighted by Gasteiger charge is -2.29. The summed E-state index contributed by atoms with van der Waals surface area (Å²) in [6.45, 7) is 0. The number of aliphatic hydroxyl groups excluding tert-OH is 1. The number of benzene rings is 1. The normalized spacial score (nSPS) is 21.8. The molecule has 0 saturated carbocycles. The standard InChI is InChI=1S/C14H8N2O7/c17-8(6-4-2-1-3-5-6)7-9(18)10(19)23-14(7)11(20)15-13(22)16-12(14)21/h1-5,17H,(H2,15,16,20,21,22). The summed E-state index contributed by atoms with van der Waals surface area (Å²) < 4.78 is 4.65. The molecule has 23 heavy (non-hydrogen) atoms. The maximum atomic E-state index is 12.1. The minimum atomic E-state index is -2.73. The molecule has 3 N–H and O–H groups in total. The molecule has 0 aromatic heterocycles. The fourth-order valence-corrected chi connectivity index (χ4v) is 2.35. The van der Waals surface area contributed by atoms with Gasteiger partial charge in [0.2, 0.25) is 0 Å². The van der Waals surface area contributed by atoms with Crippen molar-refractivity contribution in [2.45, 2.75) is 5.60 Å². The largest absolute Gasteiger partial charge is 0.507 e. The van der Waals surface area contributed by atoms with Crippen molar-refractivity contribution in [1.29, 1.82) is 0 Å². The fraction of sp³-hybridized carbons (Fsp3) is 0.0714. The van der Waals surface area contributed by atoms with Crippen LogP contribution in [0.5, 0.6) is 0 Å². The van der Waals surface area contributed by atoms with E-state index in [0.717, 1.165) is 0 Å². The van der Waals surface area contributed by atoms with Gasteiger partial charge in [-0.05, 0) is 0 Å². The Balaban J connectivity index is 2.26. The van der Waals surface area contributed by atoms with Crippen LogP contribution >= 0.6 is 0 Å². The predicted octanol–water partition coefficient (Wildman–Crippen LogP) is -0.814. The summed E-state index contributed by atoms with van der Waals surface area (Å²) in [5.74, 6) is -6.25. The van der Waals surface area contributed by atoms with Crippen LogP contribution < -0.4 is 10.6 Å². The third-order valence-electron chi connectivity index (χ3n) is 3.39. The first-order chi connectivity index (χ1) is 10.9. The number of ether oxygens (including phenoxy) is 1. The van der Waals surface area contributed by atoms with Crippen molar-refractivity contribution in [3.8, 4) is 0 Å². The van der Waals surface area contributed by atoms with Crippen LogP contribution in [0.25, 0.3) is 5.76 Å². The van der Waals surface area contributed by atoms with E-state index in [9.17, 15) is 29.1 Å². The number of urea groups is 1. The average molecular weight is 316 g/mol. The van der Waals surface area contributed by atoms with Gasteiger partial charge in [0.15, 0.2) is 0 Å². The number of hydrogen-bond acceptors (Lipinski definition) is 7. The van der Waals surface area contributed by atoms with Crippen molar-refractivity contribution < 1.29 is 33.8 Å².